The Morgan fingerprint density at radius 2 is 1.71 bits per heavy atom. The number of nitrogens with zero attached hydrogens (tertiary/aromatic N) is 1. The molecule has 0 aliphatic rings. The third-order valence-electron chi connectivity index (χ3n) is 5.19. The molecule has 4 nitrogen and oxygen atoms in total. The van der Waals surface area contributed by atoms with Crippen LogP contribution >= 0.6 is 0 Å². The topological polar surface area (TPSA) is 41.6 Å². The van der Waals surface area contributed by atoms with Crippen molar-refractivity contribution in [3.05, 3.63) is 64.7 Å². The van der Waals surface area contributed by atoms with Gasteiger partial charge in [0.1, 0.15) is 5.75 Å². The molecule has 0 spiro atoms. The molecule has 2 rings (SSSR count). The molecule has 28 heavy (non-hydrogen) atoms. The zero-order valence-corrected chi connectivity index (χ0v) is 18.3. The van der Waals surface area contributed by atoms with Crippen LogP contribution in [-0.4, -0.2) is 38.1 Å². The van der Waals surface area contributed by atoms with Crippen molar-refractivity contribution in [1.29, 1.82) is 0 Å². The minimum absolute atomic E-state index is 0.0212. The highest BCUT2D eigenvalue weighted by molar-refractivity contribution is 5.77. The molecule has 2 aromatic rings. The Hall–Kier alpha value is -2.33. The van der Waals surface area contributed by atoms with Crippen molar-refractivity contribution in [2.45, 2.75) is 46.1 Å². The van der Waals surface area contributed by atoms with E-state index in [1.54, 1.807) is 0 Å². The Bertz CT molecular complexity index is 789. The van der Waals surface area contributed by atoms with Crippen molar-refractivity contribution in [2.75, 3.05) is 27.2 Å². The maximum atomic E-state index is 12.3. The summed E-state index contributed by atoms with van der Waals surface area (Å²) in [5.41, 5.74) is 4.85. The van der Waals surface area contributed by atoms with E-state index in [4.69, 9.17) is 4.74 Å². The maximum Gasteiger partial charge on any atom is 0.258 e. The van der Waals surface area contributed by atoms with E-state index in [0.29, 0.717) is 6.54 Å². The lowest BCUT2D eigenvalue weighted by molar-refractivity contribution is -0.123. The van der Waals surface area contributed by atoms with Crippen LogP contribution in [-0.2, 0) is 10.2 Å². The normalized spacial score (nSPS) is 12.7. The average Bonchev–Trinajstić information content (AvgIpc) is 2.62. The second-order valence-electron chi connectivity index (χ2n) is 8.64. The van der Waals surface area contributed by atoms with Crippen LogP contribution in [0.1, 0.15) is 49.1 Å². The van der Waals surface area contributed by atoms with Gasteiger partial charge < -0.3 is 15.0 Å². The molecular weight excluding hydrogens is 348 g/mol. The number of ether oxygens (including phenoxy) is 1. The molecule has 0 aromatic heterocycles. The quantitative estimate of drug-likeness (QED) is 0.772. The van der Waals surface area contributed by atoms with Crippen molar-refractivity contribution >= 4 is 5.91 Å². The largest absolute Gasteiger partial charge is 0.483 e. The van der Waals surface area contributed by atoms with Crippen LogP contribution in [0.3, 0.4) is 0 Å². The maximum absolute atomic E-state index is 12.3. The molecule has 0 unspecified atom stereocenters. The molecule has 2 aromatic carbocycles. The first-order valence-electron chi connectivity index (χ1n) is 9.82. The first-order chi connectivity index (χ1) is 13.1. The van der Waals surface area contributed by atoms with Gasteiger partial charge in [-0.1, -0.05) is 57.2 Å². The standard InChI is InChI=1S/C24H34N2O2/c1-17-9-8-10-22(18(17)2)28-16-23(27)25-15-21(26(6)7)19-11-13-20(14-12-19)24(3,4)5/h8-14,21H,15-16H2,1-7H3,(H,25,27)/t21-/m0/s1. The Morgan fingerprint density at radius 1 is 1.07 bits per heavy atom. The van der Waals surface area contributed by atoms with E-state index in [2.05, 4.69) is 55.3 Å². The third-order valence-corrected chi connectivity index (χ3v) is 5.19. The molecule has 0 fully saturated rings. The highest BCUT2D eigenvalue weighted by atomic mass is 16.5. The molecule has 0 aliphatic carbocycles. The monoisotopic (exact) mass is 382 g/mol. The SMILES string of the molecule is Cc1cccc(OCC(=O)NC[C@@H](c2ccc(C(C)(C)C)cc2)N(C)C)c1C. The van der Waals surface area contributed by atoms with Gasteiger partial charge in [0.2, 0.25) is 0 Å². The fourth-order valence-electron chi connectivity index (χ4n) is 3.09. The van der Waals surface area contributed by atoms with Gasteiger partial charge in [-0.15, -0.1) is 0 Å². The van der Waals surface area contributed by atoms with E-state index >= 15 is 0 Å². The van der Waals surface area contributed by atoms with Gasteiger partial charge in [0.15, 0.2) is 6.61 Å². The summed E-state index contributed by atoms with van der Waals surface area (Å²) in [5.74, 6) is 0.649. The predicted molar refractivity (Wildman–Crippen MR) is 116 cm³/mol. The van der Waals surface area contributed by atoms with E-state index < -0.39 is 0 Å². The second kappa shape index (κ2) is 9.24. The third kappa shape index (κ3) is 5.83. The fourth-order valence-corrected chi connectivity index (χ4v) is 3.09. The minimum atomic E-state index is -0.112. The van der Waals surface area contributed by atoms with Crippen LogP contribution in [0.2, 0.25) is 0 Å². The number of hydrogen-bond acceptors (Lipinski definition) is 3. The molecule has 0 saturated carbocycles. The molecule has 0 heterocycles. The van der Waals surface area contributed by atoms with Crippen molar-refractivity contribution in [2.24, 2.45) is 0 Å². The molecule has 4 heteroatoms. The van der Waals surface area contributed by atoms with Crippen molar-refractivity contribution in [3.63, 3.8) is 0 Å². The highest BCUT2D eigenvalue weighted by Gasteiger charge is 2.18. The van der Waals surface area contributed by atoms with Gasteiger partial charge in [-0.05, 0) is 61.7 Å². The van der Waals surface area contributed by atoms with Crippen LogP contribution in [0, 0.1) is 13.8 Å². The first kappa shape index (κ1) is 22.0. The van der Waals surface area contributed by atoms with Crippen LogP contribution in [0.5, 0.6) is 5.75 Å². The fraction of sp³-hybridized carbons (Fsp3) is 0.458. The molecule has 0 aliphatic heterocycles. The summed E-state index contributed by atoms with van der Waals surface area (Å²) in [5, 5.41) is 3.01. The van der Waals surface area contributed by atoms with Crippen molar-refractivity contribution < 1.29 is 9.53 Å². The van der Waals surface area contributed by atoms with Gasteiger partial charge in [-0.3, -0.25) is 4.79 Å². The van der Waals surface area contributed by atoms with Gasteiger partial charge in [-0.2, -0.15) is 0 Å². The number of carbonyl (C=O) groups excluding carboxylic acids is 1. The minimum Gasteiger partial charge on any atom is -0.483 e. The number of nitrogens with one attached hydrogen (secondary N) is 1. The number of benzene rings is 2. The van der Waals surface area contributed by atoms with E-state index in [-0.39, 0.29) is 24.0 Å². The zero-order chi connectivity index (χ0) is 20.9. The van der Waals surface area contributed by atoms with E-state index in [9.17, 15) is 4.79 Å². The number of hydrogen-bond donors (Lipinski definition) is 1. The molecule has 152 valence electrons. The summed E-state index contributed by atoms with van der Waals surface area (Å²) in [4.78, 5) is 14.4. The molecule has 1 atom stereocenters. The van der Waals surface area contributed by atoms with Crippen LogP contribution in [0.4, 0.5) is 0 Å². The molecule has 0 radical (unpaired) electrons. The Labute approximate surface area is 169 Å². The van der Waals surface area contributed by atoms with Gasteiger partial charge in [0.25, 0.3) is 5.91 Å². The number of likely N-dealkylation sites (N-methyl/N-ethyl adjacent to an activating group) is 1. The highest BCUT2D eigenvalue weighted by Crippen LogP contribution is 2.25. The first-order valence-corrected chi connectivity index (χ1v) is 9.82. The smallest absolute Gasteiger partial charge is 0.258 e. The van der Waals surface area contributed by atoms with Crippen LogP contribution in [0.15, 0.2) is 42.5 Å². The number of aryl methyl sites for hydroxylation is 1. The van der Waals surface area contributed by atoms with Crippen LogP contribution in [0.25, 0.3) is 0 Å². The average molecular weight is 383 g/mol. The summed E-state index contributed by atoms with van der Waals surface area (Å²) < 4.78 is 5.71. The molecule has 1 N–H and O–H groups in total. The predicted octanol–water partition coefficient (Wildman–Crippen LogP) is 4.40. The van der Waals surface area contributed by atoms with E-state index in [1.165, 1.54) is 11.1 Å². The summed E-state index contributed by atoms with van der Waals surface area (Å²) >= 11 is 0. The number of amides is 1. The van der Waals surface area contributed by atoms with Gasteiger partial charge >= 0.3 is 0 Å². The zero-order valence-electron chi connectivity index (χ0n) is 18.3. The second-order valence-corrected chi connectivity index (χ2v) is 8.64. The number of rotatable bonds is 7. The summed E-state index contributed by atoms with van der Waals surface area (Å²) in [6.45, 7) is 11.2. The van der Waals surface area contributed by atoms with Gasteiger partial charge in [0.05, 0.1) is 6.04 Å². The molecule has 0 bridgehead atoms. The Balaban J connectivity index is 1.95. The molecule has 1 amide bonds. The van der Waals surface area contributed by atoms with E-state index in [0.717, 1.165) is 16.9 Å². The Morgan fingerprint density at radius 3 is 2.29 bits per heavy atom. The lowest BCUT2D eigenvalue weighted by Gasteiger charge is -2.26. The molecule has 0 saturated heterocycles. The lowest BCUT2D eigenvalue weighted by Crippen LogP contribution is -2.37. The summed E-state index contributed by atoms with van der Waals surface area (Å²) in [6, 6.07) is 14.7. The van der Waals surface area contributed by atoms with Crippen LogP contribution < -0.4 is 10.1 Å². The van der Waals surface area contributed by atoms with Crippen molar-refractivity contribution in [1.82, 2.24) is 10.2 Å². The lowest BCUT2D eigenvalue weighted by atomic mass is 9.86. The summed E-state index contributed by atoms with van der Waals surface area (Å²) in [6.07, 6.45) is 0. The molecular formula is C24H34N2O2. The van der Waals surface area contributed by atoms with E-state index in [1.807, 2.05) is 46.1 Å². The van der Waals surface area contributed by atoms with Crippen molar-refractivity contribution in [3.8, 4) is 5.75 Å². The summed E-state index contributed by atoms with van der Waals surface area (Å²) in [7, 11) is 4.06. The Kier molecular flexibility index (Phi) is 7.25. The number of carbonyl (C=O) groups is 1. The van der Waals surface area contributed by atoms with Gasteiger partial charge in [-0.25, -0.2) is 0 Å². The van der Waals surface area contributed by atoms with Gasteiger partial charge in [0, 0.05) is 6.54 Å².